The van der Waals surface area contributed by atoms with Gasteiger partial charge in [-0.15, -0.1) is 0 Å². The zero-order valence-corrected chi connectivity index (χ0v) is 15.5. The highest BCUT2D eigenvalue weighted by molar-refractivity contribution is 5.89. The lowest BCUT2D eigenvalue weighted by molar-refractivity contribution is -0.118. The Morgan fingerprint density at radius 3 is 2.62 bits per heavy atom. The van der Waals surface area contributed by atoms with Gasteiger partial charge in [0.25, 0.3) is 6.01 Å². The van der Waals surface area contributed by atoms with Crippen LogP contribution in [0.4, 0.5) is 11.7 Å². The molecular formula is C23H18N4O2. The summed E-state index contributed by atoms with van der Waals surface area (Å²) in [4.78, 5) is 15.8. The van der Waals surface area contributed by atoms with Crippen molar-refractivity contribution >= 4 is 39.6 Å². The Morgan fingerprint density at radius 1 is 1.00 bits per heavy atom. The van der Waals surface area contributed by atoms with Gasteiger partial charge in [0.15, 0.2) is 5.58 Å². The number of nitrogens with zero attached hydrogens (tertiary/aromatic N) is 2. The van der Waals surface area contributed by atoms with E-state index in [0.29, 0.717) is 6.01 Å². The van der Waals surface area contributed by atoms with Crippen molar-refractivity contribution in [2.75, 3.05) is 5.32 Å². The number of benzene rings is 3. The number of hydrogen-bond acceptors (Lipinski definition) is 4. The Labute approximate surface area is 166 Å². The quantitative estimate of drug-likeness (QED) is 0.462. The number of oxazole rings is 1. The molecule has 3 N–H and O–H groups in total. The van der Waals surface area contributed by atoms with Crippen LogP contribution in [-0.2, 0) is 11.3 Å². The molecule has 2 aromatic heterocycles. The monoisotopic (exact) mass is 382 g/mol. The summed E-state index contributed by atoms with van der Waals surface area (Å²) in [5, 5.41) is 4.23. The van der Waals surface area contributed by atoms with Gasteiger partial charge in [0, 0.05) is 22.8 Å². The number of rotatable bonds is 5. The molecule has 3 aromatic carbocycles. The predicted molar refractivity (Wildman–Crippen MR) is 114 cm³/mol. The highest BCUT2D eigenvalue weighted by Gasteiger charge is 2.10. The fourth-order valence-corrected chi connectivity index (χ4v) is 3.49. The van der Waals surface area contributed by atoms with Crippen LogP contribution in [-0.4, -0.2) is 15.5 Å². The van der Waals surface area contributed by atoms with E-state index in [9.17, 15) is 4.79 Å². The molecule has 0 saturated carbocycles. The summed E-state index contributed by atoms with van der Waals surface area (Å²) < 4.78 is 7.66. The summed E-state index contributed by atoms with van der Waals surface area (Å²) in [6, 6.07) is 24.3. The SMILES string of the molecule is NC(=O)Cn1ccc2cc(-c3ccc4oc(Nc5ccccc5)nc4c3)ccc21. The molecule has 0 radical (unpaired) electrons. The number of hydrogen-bond donors (Lipinski definition) is 2. The molecule has 0 fully saturated rings. The third-order valence-corrected chi connectivity index (χ3v) is 4.84. The molecule has 0 bridgehead atoms. The highest BCUT2D eigenvalue weighted by atomic mass is 16.4. The maximum absolute atomic E-state index is 11.2. The van der Waals surface area contributed by atoms with Gasteiger partial charge >= 0.3 is 0 Å². The fraction of sp³-hybridized carbons (Fsp3) is 0.0435. The Bertz CT molecular complexity index is 1340. The van der Waals surface area contributed by atoms with E-state index in [1.54, 1.807) is 0 Å². The van der Waals surface area contributed by atoms with Crippen molar-refractivity contribution in [3.63, 3.8) is 0 Å². The topological polar surface area (TPSA) is 86.1 Å². The zero-order chi connectivity index (χ0) is 19.8. The molecule has 29 heavy (non-hydrogen) atoms. The van der Waals surface area contributed by atoms with Crippen molar-refractivity contribution in [1.29, 1.82) is 0 Å². The first-order valence-electron chi connectivity index (χ1n) is 9.26. The van der Waals surface area contributed by atoms with Gasteiger partial charge in [-0.2, -0.15) is 4.98 Å². The Hall–Kier alpha value is -4.06. The third kappa shape index (κ3) is 3.32. The minimum Gasteiger partial charge on any atom is -0.423 e. The van der Waals surface area contributed by atoms with Gasteiger partial charge in [-0.3, -0.25) is 4.79 Å². The molecule has 142 valence electrons. The van der Waals surface area contributed by atoms with Crippen LogP contribution in [0.25, 0.3) is 33.1 Å². The van der Waals surface area contributed by atoms with E-state index >= 15 is 0 Å². The first-order chi connectivity index (χ1) is 14.2. The lowest BCUT2D eigenvalue weighted by atomic mass is 10.0. The normalized spacial score (nSPS) is 11.2. The van der Waals surface area contributed by atoms with Gasteiger partial charge in [-0.25, -0.2) is 0 Å². The van der Waals surface area contributed by atoms with E-state index in [1.807, 2.05) is 77.5 Å². The molecule has 6 nitrogen and oxygen atoms in total. The van der Waals surface area contributed by atoms with E-state index in [-0.39, 0.29) is 12.5 Å². The number of carbonyl (C=O) groups is 1. The number of anilines is 2. The average molecular weight is 382 g/mol. The summed E-state index contributed by atoms with van der Waals surface area (Å²) in [5.74, 6) is -0.358. The number of nitrogens with one attached hydrogen (secondary N) is 1. The number of nitrogens with two attached hydrogens (primary N) is 1. The fourth-order valence-electron chi connectivity index (χ4n) is 3.49. The van der Waals surface area contributed by atoms with Gasteiger partial charge in [-0.1, -0.05) is 30.3 Å². The molecule has 1 amide bonds. The van der Waals surface area contributed by atoms with E-state index in [1.165, 1.54) is 0 Å². The molecular weight excluding hydrogens is 364 g/mol. The molecule has 0 aliphatic rings. The summed E-state index contributed by atoms with van der Waals surface area (Å²) in [6.45, 7) is 0.172. The lowest BCUT2D eigenvalue weighted by Crippen LogP contribution is -2.17. The van der Waals surface area contributed by atoms with Crippen molar-refractivity contribution < 1.29 is 9.21 Å². The van der Waals surface area contributed by atoms with Gasteiger partial charge < -0.3 is 20.0 Å². The van der Waals surface area contributed by atoms with Crippen molar-refractivity contribution in [2.24, 2.45) is 5.73 Å². The summed E-state index contributed by atoms with van der Waals surface area (Å²) >= 11 is 0. The Kier molecular flexibility index (Phi) is 4.02. The maximum Gasteiger partial charge on any atom is 0.300 e. The standard InChI is InChI=1S/C23H18N4O2/c24-22(28)14-27-11-10-17-12-15(6-8-20(17)27)16-7-9-21-19(13-16)26-23(29-21)25-18-4-2-1-3-5-18/h1-13H,14H2,(H2,24,28)(H,25,26). The molecule has 0 atom stereocenters. The molecule has 0 unspecified atom stereocenters. The molecule has 0 spiro atoms. The molecule has 0 aliphatic carbocycles. The number of carbonyl (C=O) groups excluding carboxylic acids is 1. The van der Waals surface area contributed by atoms with E-state index in [2.05, 4.69) is 16.4 Å². The minimum atomic E-state index is -0.358. The van der Waals surface area contributed by atoms with Crippen LogP contribution in [0.1, 0.15) is 0 Å². The van der Waals surface area contributed by atoms with Crippen LogP contribution < -0.4 is 11.1 Å². The number of para-hydroxylation sites is 1. The molecule has 5 rings (SSSR count). The lowest BCUT2D eigenvalue weighted by Gasteiger charge is -2.05. The second kappa shape index (κ2) is 6.83. The van der Waals surface area contributed by atoms with E-state index in [4.69, 9.17) is 10.2 Å². The Balaban J connectivity index is 1.47. The van der Waals surface area contributed by atoms with Crippen molar-refractivity contribution in [2.45, 2.75) is 6.54 Å². The summed E-state index contributed by atoms with van der Waals surface area (Å²) in [5.41, 5.74) is 10.8. The molecule has 5 aromatic rings. The van der Waals surface area contributed by atoms with Gasteiger partial charge in [0.05, 0.1) is 0 Å². The van der Waals surface area contributed by atoms with Crippen LogP contribution in [0.15, 0.2) is 83.4 Å². The maximum atomic E-state index is 11.2. The molecule has 2 heterocycles. The number of aromatic nitrogens is 2. The summed E-state index contributed by atoms with van der Waals surface area (Å²) in [6.07, 6.45) is 1.88. The van der Waals surface area contributed by atoms with Gasteiger partial charge in [-0.05, 0) is 53.6 Å². The van der Waals surface area contributed by atoms with E-state index in [0.717, 1.165) is 38.8 Å². The van der Waals surface area contributed by atoms with E-state index < -0.39 is 0 Å². The first kappa shape index (κ1) is 17.1. The molecule has 0 saturated heterocycles. The van der Waals surface area contributed by atoms with Crippen molar-refractivity contribution in [3.05, 3.63) is 79.0 Å². The van der Waals surface area contributed by atoms with Crippen LogP contribution in [0.5, 0.6) is 0 Å². The molecule has 0 aliphatic heterocycles. The largest absolute Gasteiger partial charge is 0.423 e. The van der Waals surface area contributed by atoms with Gasteiger partial charge in [0.1, 0.15) is 12.1 Å². The second-order valence-electron chi connectivity index (χ2n) is 6.88. The Morgan fingerprint density at radius 2 is 1.79 bits per heavy atom. The van der Waals surface area contributed by atoms with Crippen LogP contribution in [0.3, 0.4) is 0 Å². The average Bonchev–Trinajstić information content (AvgIpc) is 3.30. The van der Waals surface area contributed by atoms with Crippen molar-refractivity contribution in [1.82, 2.24) is 9.55 Å². The van der Waals surface area contributed by atoms with Crippen LogP contribution >= 0.6 is 0 Å². The number of primary amides is 1. The zero-order valence-electron chi connectivity index (χ0n) is 15.5. The van der Waals surface area contributed by atoms with Crippen molar-refractivity contribution in [3.8, 4) is 11.1 Å². The number of fused-ring (bicyclic) bond motifs is 2. The summed E-state index contributed by atoms with van der Waals surface area (Å²) in [7, 11) is 0. The second-order valence-corrected chi connectivity index (χ2v) is 6.88. The van der Waals surface area contributed by atoms with Crippen LogP contribution in [0, 0.1) is 0 Å². The van der Waals surface area contributed by atoms with Gasteiger partial charge in [0.2, 0.25) is 5.91 Å². The predicted octanol–water partition coefficient (Wildman–Crippen LogP) is 4.68. The van der Waals surface area contributed by atoms with Crippen LogP contribution in [0.2, 0.25) is 0 Å². The minimum absolute atomic E-state index is 0.172. The third-order valence-electron chi connectivity index (χ3n) is 4.84. The highest BCUT2D eigenvalue weighted by Crippen LogP contribution is 2.29. The smallest absolute Gasteiger partial charge is 0.300 e. The first-order valence-corrected chi connectivity index (χ1v) is 9.26. The molecule has 6 heteroatoms. The number of amides is 1.